The molecule has 0 aromatic heterocycles. The van der Waals surface area contributed by atoms with Crippen LogP contribution in [0.15, 0.2) is 55.1 Å². The molecular formula is C20H20ClNO2. The van der Waals surface area contributed by atoms with Gasteiger partial charge in [-0.25, -0.2) is 0 Å². The third-order valence-electron chi connectivity index (χ3n) is 4.24. The smallest absolute Gasteiger partial charge is 0.227 e. The molecule has 1 amide bonds. The van der Waals surface area contributed by atoms with Crippen LogP contribution >= 0.6 is 11.6 Å². The van der Waals surface area contributed by atoms with Gasteiger partial charge in [-0.2, -0.15) is 0 Å². The standard InChI is InChI=1S/C20H20ClNO2/c1-3-10-24-19-12-16(21)6-9-18(19)15-11-20(23)22(13-15)17-7-4-14(2)5-8-17/h3-9,12,15H,1,10-11,13H2,2H3. The Morgan fingerprint density at radius 2 is 2.04 bits per heavy atom. The quantitative estimate of drug-likeness (QED) is 0.735. The van der Waals surface area contributed by atoms with Gasteiger partial charge in [-0.05, 0) is 36.8 Å². The number of rotatable bonds is 5. The number of nitrogens with zero attached hydrogens (tertiary/aromatic N) is 1. The van der Waals surface area contributed by atoms with Crippen molar-refractivity contribution in [1.29, 1.82) is 0 Å². The van der Waals surface area contributed by atoms with Gasteiger partial charge >= 0.3 is 0 Å². The molecule has 2 aromatic rings. The molecule has 0 spiro atoms. The van der Waals surface area contributed by atoms with Crippen LogP contribution in [-0.4, -0.2) is 19.1 Å². The van der Waals surface area contributed by atoms with Gasteiger partial charge in [0.05, 0.1) is 0 Å². The highest BCUT2D eigenvalue weighted by molar-refractivity contribution is 6.30. The van der Waals surface area contributed by atoms with Gasteiger partial charge < -0.3 is 9.64 Å². The van der Waals surface area contributed by atoms with Gasteiger partial charge in [0.15, 0.2) is 0 Å². The van der Waals surface area contributed by atoms with Crippen LogP contribution in [0, 0.1) is 6.92 Å². The van der Waals surface area contributed by atoms with Crippen LogP contribution in [0.1, 0.15) is 23.5 Å². The van der Waals surface area contributed by atoms with Gasteiger partial charge in [-0.15, -0.1) is 0 Å². The van der Waals surface area contributed by atoms with E-state index in [2.05, 4.69) is 6.58 Å². The second-order valence-corrected chi connectivity index (χ2v) is 6.46. The molecule has 1 aliphatic rings. The molecule has 24 heavy (non-hydrogen) atoms. The molecule has 1 unspecified atom stereocenters. The van der Waals surface area contributed by atoms with E-state index in [1.165, 1.54) is 5.56 Å². The molecule has 1 aliphatic heterocycles. The number of anilines is 1. The van der Waals surface area contributed by atoms with Gasteiger partial charge in [-0.3, -0.25) is 4.79 Å². The molecule has 3 nitrogen and oxygen atoms in total. The summed E-state index contributed by atoms with van der Waals surface area (Å²) in [5.41, 5.74) is 3.14. The van der Waals surface area contributed by atoms with Gasteiger partial charge in [-0.1, -0.05) is 48.0 Å². The van der Waals surface area contributed by atoms with Crippen molar-refractivity contribution in [3.8, 4) is 5.75 Å². The molecule has 1 heterocycles. The zero-order chi connectivity index (χ0) is 17.1. The van der Waals surface area contributed by atoms with E-state index in [0.717, 1.165) is 17.0 Å². The van der Waals surface area contributed by atoms with Crippen LogP contribution in [0.2, 0.25) is 5.02 Å². The fraction of sp³-hybridized carbons (Fsp3) is 0.250. The molecule has 0 bridgehead atoms. The summed E-state index contributed by atoms with van der Waals surface area (Å²) in [4.78, 5) is 14.3. The number of aryl methyl sites for hydroxylation is 1. The predicted octanol–water partition coefficient (Wildman–Crippen LogP) is 4.73. The second kappa shape index (κ2) is 7.10. The third-order valence-corrected chi connectivity index (χ3v) is 4.48. The van der Waals surface area contributed by atoms with Crippen molar-refractivity contribution < 1.29 is 9.53 Å². The summed E-state index contributed by atoms with van der Waals surface area (Å²) >= 11 is 6.09. The second-order valence-electron chi connectivity index (χ2n) is 6.02. The van der Waals surface area contributed by atoms with Gasteiger partial charge in [0, 0.05) is 29.6 Å². The average Bonchev–Trinajstić information content (AvgIpc) is 2.95. The van der Waals surface area contributed by atoms with E-state index in [0.29, 0.717) is 24.6 Å². The number of hydrogen-bond acceptors (Lipinski definition) is 2. The fourth-order valence-electron chi connectivity index (χ4n) is 3.01. The molecule has 1 fully saturated rings. The summed E-state index contributed by atoms with van der Waals surface area (Å²) in [6.07, 6.45) is 2.17. The van der Waals surface area contributed by atoms with E-state index in [9.17, 15) is 4.79 Å². The zero-order valence-electron chi connectivity index (χ0n) is 13.7. The first-order valence-electron chi connectivity index (χ1n) is 7.98. The number of carbonyl (C=O) groups is 1. The SMILES string of the molecule is C=CCOc1cc(Cl)ccc1C1CC(=O)N(c2ccc(C)cc2)C1. The largest absolute Gasteiger partial charge is 0.489 e. The summed E-state index contributed by atoms with van der Waals surface area (Å²) in [7, 11) is 0. The van der Waals surface area contributed by atoms with Crippen molar-refractivity contribution in [2.45, 2.75) is 19.3 Å². The number of halogens is 1. The molecule has 3 rings (SSSR count). The Hall–Kier alpha value is -2.26. The highest BCUT2D eigenvalue weighted by Crippen LogP contribution is 2.37. The first kappa shape index (κ1) is 16.6. The molecule has 2 aromatic carbocycles. The lowest BCUT2D eigenvalue weighted by atomic mass is 9.97. The van der Waals surface area contributed by atoms with Crippen molar-refractivity contribution in [3.63, 3.8) is 0 Å². The molecule has 0 aliphatic carbocycles. The minimum absolute atomic E-state index is 0.0934. The first-order valence-corrected chi connectivity index (χ1v) is 8.36. The molecular weight excluding hydrogens is 322 g/mol. The Bertz CT molecular complexity index is 755. The molecule has 0 saturated carbocycles. The van der Waals surface area contributed by atoms with Crippen LogP contribution in [-0.2, 0) is 4.79 Å². The number of benzene rings is 2. The van der Waals surface area contributed by atoms with Gasteiger partial charge in [0.1, 0.15) is 12.4 Å². The van der Waals surface area contributed by atoms with Crippen LogP contribution < -0.4 is 9.64 Å². The van der Waals surface area contributed by atoms with Gasteiger partial charge in [0.25, 0.3) is 0 Å². The maximum absolute atomic E-state index is 12.5. The van der Waals surface area contributed by atoms with Crippen molar-refractivity contribution in [1.82, 2.24) is 0 Å². The van der Waals surface area contributed by atoms with E-state index in [1.807, 2.05) is 48.2 Å². The Morgan fingerprint density at radius 1 is 1.29 bits per heavy atom. The first-order chi connectivity index (χ1) is 11.6. The Morgan fingerprint density at radius 3 is 2.75 bits per heavy atom. The molecule has 1 atom stereocenters. The molecule has 0 radical (unpaired) electrons. The highest BCUT2D eigenvalue weighted by Gasteiger charge is 2.33. The van der Waals surface area contributed by atoms with Crippen LogP contribution in [0.3, 0.4) is 0 Å². The highest BCUT2D eigenvalue weighted by atomic mass is 35.5. The van der Waals surface area contributed by atoms with Crippen LogP contribution in [0.4, 0.5) is 5.69 Å². The minimum atomic E-state index is 0.0934. The Balaban J connectivity index is 1.85. The maximum atomic E-state index is 12.5. The minimum Gasteiger partial charge on any atom is -0.489 e. The van der Waals surface area contributed by atoms with E-state index in [4.69, 9.17) is 16.3 Å². The summed E-state index contributed by atoms with van der Waals surface area (Å²) in [5.74, 6) is 0.954. The lowest BCUT2D eigenvalue weighted by Crippen LogP contribution is -2.24. The Labute approximate surface area is 147 Å². The molecule has 124 valence electrons. The average molecular weight is 342 g/mol. The van der Waals surface area contributed by atoms with Crippen molar-refractivity contribution in [3.05, 3.63) is 71.3 Å². The zero-order valence-corrected chi connectivity index (χ0v) is 14.4. The summed E-state index contributed by atoms with van der Waals surface area (Å²) in [5, 5.41) is 0.623. The molecule has 0 N–H and O–H groups in total. The maximum Gasteiger partial charge on any atom is 0.227 e. The normalized spacial score (nSPS) is 17.2. The lowest BCUT2D eigenvalue weighted by molar-refractivity contribution is -0.117. The van der Waals surface area contributed by atoms with Crippen molar-refractivity contribution in [2.75, 3.05) is 18.1 Å². The summed E-state index contributed by atoms with van der Waals surface area (Å²) < 4.78 is 5.74. The number of ether oxygens (including phenoxy) is 1. The molecule has 4 heteroatoms. The van der Waals surface area contributed by atoms with E-state index < -0.39 is 0 Å². The summed E-state index contributed by atoms with van der Waals surface area (Å²) in [6, 6.07) is 13.6. The topological polar surface area (TPSA) is 29.5 Å². The molecule has 1 saturated heterocycles. The van der Waals surface area contributed by atoms with Crippen molar-refractivity contribution >= 4 is 23.2 Å². The fourth-order valence-corrected chi connectivity index (χ4v) is 3.17. The van der Waals surface area contributed by atoms with Crippen LogP contribution in [0.25, 0.3) is 0 Å². The van der Waals surface area contributed by atoms with Crippen LogP contribution in [0.5, 0.6) is 5.75 Å². The lowest BCUT2D eigenvalue weighted by Gasteiger charge is -2.18. The van der Waals surface area contributed by atoms with Crippen molar-refractivity contribution in [2.24, 2.45) is 0 Å². The number of hydrogen-bond donors (Lipinski definition) is 0. The predicted molar refractivity (Wildman–Crippen MR) is 98.0 cm³/mol. The monoisotopic (exact) mass is 341 g/mol. The van der Waals surface area contributed by atoms with Gasteiger partial charge in [0.2, 0.25) is 5.91 Å². The summed E-state index contributed by atoms with van der Waals surface area (Å²) in [6.45, 7) is 6.77. The number of amides is 1. The van der Waals surface area contributed by atoms with E-state index >= 15 is 0 Å². The number of carbonyl (C=O) groups excluding carboxylic acids is 1. The van der Waals surface area contributed by atoms with E-state index in [-0.39, 0.29) is 11.8 Å². The Kier molecular flexibility index (Phi) is 4.91. The van der Waals surface area contributed by atoms with E-state index in [1.54, 1.807) is 12.1 Å². The third kappa shape index (κ3) is 3.46.